The van der Waals surface area contributed by atoms with Crippen molar-refractivity contribution in [2.75, 3.05) is 13.2 Å². The molecule has 1 saturated carbocycles. The van der Waals surface area contributed by atoms with Gasteiger partial charge in [0.25, 0.3) is 0 Å². The summed E-state index contributed by atoms with van der Waals surface area (Å²) in [7, 11) is 0. The molecule has 2 nitrogen and oxygen atoms in total. The maximum atomic E-state index is 15.0. The Bertz CT molecular complexity index is 1120. The van der Waals surface area contributed by atoms with Gasteiger partial charge in [0.05, 0.1) is 13.2 Å². The number of aryl methyl sites for hydroxylation is 1. The fraction of sp³-hybridized carbons (Fsp3) is 0.400. The molecule has 0 unspecified atom stereocenters. The molecular weight excluding hydrogens is 449 g/mol. The van der Waals surface area contributed by atoms with Crippen LogP contribution in [0.4, 0.5) is 13.2 Å². The molecule has 4 rings (SSSR count). The molecule has 1 aliphatic carbocycles. The first kappa shape index (κ1) is 25.2. The van der Waals surface area contributed by atoms with E-state index in [-0.39, 0.29) is 23.1 Å². The van der Waals surface area contributed by atoms with Crippen molar-refractivity contribution in [1.29, 1.82) is 0 Å². The van der Waals surface area contributed by atoms with Crippen molar-refractivity contribution in [3.05, 3.63) is 83.2 Å². The Hall–Kier alpha value is -2.95. The van der Waals surface area contributed by atoms with Crippen molar-refractivity contribution >= 4 is 0 Å². The van der Waals surface area contributed by atoms with E-state index in [0.29, 0.717) is 30.1 Å². The molecule has 0 N–H and O–H groups in total. The average Bonchev–Trinajstić information content (AvgIpc) is 2.86. The van der Waals surface area contributed by atoms with Crippen molar-refractivity contribution < 1.29 is 22.6 Å². The quantitative estimate of drug-likeness (QED) is 0.284. The first-order valence-electron chi connectivity index (χ1n) is 12.6. The van der Waals surface area contributed by atoms with E-state index in [9.17, 15) is 8.78 Å². The monoisotopic (exact) mass is 482 g/mol. The van der Waals surface area contributed by atoms with Gasteiger partial charge in [-0.3, -0.25) is 0 Å². The highest BCUT2D eigenvalue weighted by atomic mass is 19.2. The van der Waals surface area contributed by atoms with Gasteiger partial charge in [-0.25, -0.2) is 13.2 Å². The predicted octanol–water partition coefficient (Wildman–Crippen LogP) is 8.61. The van der Waals surface area contributed by atoms with E-state index >= 15 is 4.39 Å². The second-order valence-corrected chi connectivity index (χ2v) is 9.52. The second-order valence-electron chi connectivity index (χ2n) is 9.52. The second kappa shape index (κ2) is 11.7. The van der Waals surface area contributed by atoms with E-state index in [0.717, 1.165) is 44.1 Å². The van der Waals surface area contributed by atoms with E-state index < -0.39 is 17.5 Å². The number of hydrogen-bond acceptors (Lipinski definition) is 2. The Kier molecular flexibility index (Phi) is 8.37. The average molecular weight is 483 g/mol. The van der Waals surface area contributed by atoms with Gasteiger partial charge < -0.3 is 9.47 Å². The highest BCUT2D eigenvalue weighted by Gasteiger charge is 2.27. The minimum absolute atomic E-state index is 0.0240. The maximum Gasteiger partial charge on any atom is 0.168 e. The van der Waals surface area contributed by atoms with Crippen LogP contribution in [0.2, 0.25) is 0 Å². The zero-order valence-electron chi connectivity index (χ0n) is 20.5. The van der Waals surface area contributed by atoms with Crippen molar-refractivity contribution in [1.82, 2.24) is 0 Å². The van der Waals surface area contributed by atoms with E-state index in [1.807, 2.05) is 31.2 Å². The first-order chi connectivity index (χ1) is 17.0. The van der Waals surface area contributed by atoms with Gasteiger partial charge in [-0.15, -0.1) is 0 Å². The lowest BCUT2D eigenvalue weighted by atomic mass is 9.78. The molecule has 0 aromatic heterocycles. The third kappa shape index (κ3) is 6.19. The van der Waals surface area contributed by atoms with Gasteiger partial charge in [0.2, 0.25) is 0 Å². The van der Waals surface area contributed by atoms with Gasteiger partial charge in [0.15, 0.2) is 23.2 Å². The lowest BCUT2D eigenvalue weighted by molar-refractivity contribution is 0.193. The van der Waals surface area contributed by atoms with Gasteiger partial charge in [0.1, 0.15) is 5.75 Å². The zero-order chi connectivity index (χ0) is 24.8. The highest BCUT2D eigenvalue weighted by molar-refractivity contribution is 5.65. The van der Waals surface area contributed by atoms with Crippen molar-refractivity contribution in [3.63, 3.8) is 0 Å². The molecule has 0 saturated heterocycles. The fourth-order valence-corrected chi connectivity index (χ4v) is 4.71. The van der Waals surface area contributed by atoms with Gasteiger partial charge in [0, 0.05) is 11.6 Å². The summed E-state index contributed by atoms with van der Waals surface area (Å²) in [5.74, 6) is -1.00. The predicted molar refractivity (Wildman–Crippen MR) is 134 cm³/mol. The Balaban J connectivity index is 1.32. The summed E-state index contributed by atoms with van der Waals surface area (Å²) in [6, 6.07) is 15.5. The number of rotatable bonds is 9. The Labute approximate surface area is 206 Å². The molecule has 35 heavy (non-hydrogen) atoms. The van der Waals surface area contributed by atoms with Crippen LogP contribution in [0.1, 0.15) is 62.5 Å². The van der Waals surface area contributed by atoms with E-state index in [1.165, 1.54) is 6.07 Å². The van der Waals surface area contributed by atoms with Crippen LogP contribution in [0.15, 0.2) is 54.6 Å². The molecule has 0 heterocycles. The third-order valence-corrected chi connectivity index (χ3v) is 6.91. The van der Waals surface area contributed by atoms with Gasteiger partial charge >= 0.3 is 0 Å². The third-order valence-electron chi connectivity index (χ3n) is 6.91. The van der Waals surface area contributed by atoms with E-state index in [2.05, 4.69) is 6.92 Å². The highest BCUT2D eigenvalue weighted by Crippen LogP contribution is 2.39. The topological polar surface area (TPSA) is 18.5 Å². The van der Waals surface area contributed by atoms with Crippen molar-refractivity contribution in [2.24, 2.45) is 5.92 Å². The minimum atomic E-state index is -0.783. The van der Waals surface area contributed by atoms with Crippen LogP contribution in [0.5, 0.6) is 11.5 Å². The van der Waals surface area contributed by atoms with Crippen LogP contribution >= 0.6 is 0 Å². The Morgan fingerprint density at radius 2 is 1.57 bits per heavy atom. The fourth-order valence-electron chi connectivity index (χ4n) is 4.71. The van der Waals surface area contributed by atoms with Crippen LogP contribution in [-0.2, 0) is 0 Å². The number of hydrogen-bond donors (Lipinski definition) is 0. The molecule has 0 bridgehead atoms. The summed E-state index contributed by atoms with van der Waals surface area (Å²) < 4.78 is 55.6. The molecular formula is C30H33F3O2. The first-order valence-corrected chi connectivity index (χ1v) is 12.6. The molecule has 0 amide bonds. The molecule has 0 atom stereocenters. The van der Waals surface area contributed by atoms with Gasteiger partial charge in [-0.1, -0.05) is 55.3 Å². The SMILES string of the molecule is CCCCOc1ccc(OCC2CCC(c3ccc(-c4ccc(C)cc4)c(F)c3F)CC2)c(F)c1. The number of benzene rings is 3. The lowest BCUT2D eigenvalue weighted by Gasteiger charge is -2.29. The normalized spacial score (nSPS) is 17.9. The summed E-state index contributed by atoms with van der Waals surface area (Å²) in [5.41, 5.74) is 2.48. The standard InChI is InChI=1S/C30H33F3O2/c1-3-4-17-34-24-13-16-28(27(31)18-24)35-19-21-7-11-23(12-8-21)26-15-14-25(29(32)30(26)33)22-9-5-20(2)6-10-22/h5-6,9-10,13-16,18,21,23H,3-4,7-8,11-12,17,19H2,1-2H3. The minimum Gasteiger partial charge on any atom is -0.493 e. The zero-order valence-corrected chi connectivity index (χ0v) is 20.5. The molecule has 186 valence electrons. The van der Waals surface area contributed by atoms with Crippen LogP contribution < -0.4 is 9.47 Å². The van der Waals surface area contributed by atoms with Crippen LogP contribution in [0.25, 0.3) is 11.1 Å². The summed E-state index contributed by atoms with van der Waals surface area (Å²) in [5, 5.41) is 0. The molecule has 0 aliphatic heterocycles. The van der Waals surface area contributed by atoms with Crippen molar-refractivity contribution in [2.45, 2.75) is 58.3 Å². The number of ether oxygens (including phenoxy) is 2. The number of unbranched alkanes of at least 4 members (excludes halogenated alkanes) is 1. The molecule has 0 spiro atoms. The maximum absolute atomic E-state index is 15.0. The van der Waals surface area contributed by atoms with Gasteiger partial charge in [-0.05, 0) is 74.1 Å². The Morgan fingerprint density at radius 1 is 0.829 bits per heavy atom. The van der Waals surface area contributed by atoms with Crippen LogP contribution in [0.3, 0.4) is 0 Å². The van der Waals surface area contributed by atoms with E-state index in [4.69, 9.17) is 9.47 Å². The Morgan fingerprint density at radius 3 is 2.26 bits per heavy atom. The van der Waals surface area contributed by atoms with E-state index in [1.54, 1.807) is 24.3 Å². The molecule has 1 aliphatic rings. The molecule has 3 aromatic rings. The largest absolute Gasteiger partial charge is 0.493 e. The lowest BCUT2D eigenvalue weighted by Crippen LogP contribution is -2.20. The molecule has 0 radical (unpaired) electrons. The van der Waals surface area contributed by atoms with Crippen LogP contribution in [-0.4, -0.2) is 13.2 Å². The van der Waals surface area contributed by atoms with Gasteiger partial charge in [-0.2, -0.15) is 0 Å². The molecule has 5 heteroatoms. The summed E-state index contributed by atoms with van der Waals surface area (Å²) in [6.07, 6.45) is 5.10. The summed E-state index contributed by atoms with van der Waals surface area (Å²) >= 11 is 0. The molecule has 1 fully saturated rings. The van der Waals surface area contributed by atoms with Crippen LogP contribution in [0, 0.1) is 30.3 Å². The molecule has 3 aromatic carbocycles. The summed E-state index contributed by atoms with van der Waals surface area (Å²) in [6.45, 7) is 5.01. The smallest absolute Gasteiger partial charge is 0.168 e. The number of halogens is 3. The summed E-state index contributed by atoms with van der Waals surface area (Å²) in [4.78, 5) is 0. The van der Waals surface area contributed by atoms with Crippen molar-refractivity contribution in [3.8, 4) is 22.6 Å².